The molecule has 2 amide bonds. The Labute approximate surface area is 169 Å². The third-order valence-corrected chi connectivity index (χ3v) is 4.53. The number of rotatable bonds is 6. The maximum atomic E-state index is 13.6. The van der Waals surface area contributed by atoms with Crippen molar-refractivity contribution < 1.29 is 14.0 Å². The van der Waals surface area contributed by atoms with Gasteiger partial charge < -0.3 is 10.6 Å². The zero-order valence-electron chi connectivity index (χ0n) is 16.3. The number of anilines is 1. The summed E-state index contributed by atoms with van der Waals surface area (Å²) in [4.78, 5) is 28.9. The van der Waals surface area contributed by atoms with Crippen LogP contribution in [0.25, 0.3) is 0 Å². The number of amides is 2. The molecular weight excluding hydrogens is 369 g/mol. The standard InChI is InChI=1S/C23H22FN3O2/c1-15-7-8-21(16(2)11-15)27-23(29)19-12-18(13-25-14-19)22(28)26-10-9-17-5-3-4-6-20(17)24/h3-8,11-14H,9-10H2,1-2H3,(H,26,28)(H,27,29). The van der Waals surface area contributed by atoms with Gasteiger partial charge in [-0.15, -0.1) is 0 Å². The van der Waals surface area contributed by atoms with E-state index in [1.807, 2.05) is 32.0 Å². The first-order valence-electron chi connectivity index (χ1n) is 9.29. The van der Waals surface area contributed by atoms with E-state index >= 15 is 0 Å². The molecule has 2 aromatic carbocycles. The van der Waals surface area contributed by atoms with E-state index in [0.717, 1.165) is 11.1 Å². The molecule has 0 aliphatic carbocycles. The van der Waals surface area contributed by atoms with Crippen molar-refractivity contribution in [1.29, 1.82) is 0 Å². The molecule has 148 valence electrons. The van der Waals surface area contributed by atoms with E-state index in [1.165, 1.54) is 24.5 Å². The van der Waals surface area contributed by atoms with Gasteiger partial charge in [-0.3, -0.25) is 14.6 Å². The van der Waals surface area contributed by atoms with E-state index in [1.54, 1.807) is 18.2 Å². The molecule has 1 aromatic heterocycles. The summed E-state index contributed by atoms with van der Waals surface area (Å²) in [6, 6.07) is 13.7. The number of hydrogen-bond donors (Lipinski definition) is 2. The van der Waals surface area contributed by atoms with Gasteiger partial charge in [0.15, 0.2) is 0 Å². The molecule has 2 N–H and O–H groups in total. The lowest BCUT2D eigenvalue weighted by molar-refractivity contribution is 0.0953. The van der Waals surface area contributed by atoms with Crippen molar-refractivity contribution in [3.05, 3.63) is 94.6 Å². The average Bonchev–Trinajstić information content (AvgIpc) is 2.71. The van der Waals surface area contributed by atoms with Gasteiger partial charge in [-0.05, 0) is 49.6 Å². The Balaban J connectivity index is 1.63. The number of carbonyl (C=O) groups excluding carboxylic acids is 2. The number of aryl methyl sites for hydroxylation is 2. The van der Waals surface area contributed by atoms with Crippen molar-refractivity contribution in [3.63, 3.8) is 0 Å². The van der Waals surface area contributed by atoms with Crippen LogP contribution in [-0.4, -0.2) is 23.3 Å². The number of hydrogen-bond acceptors (Lipinski definition) is 3. The second-order valence-electron chi connectivity index (χ2n) is 6.83. The predicted octanol–water partition coefficient (Wildman–Crippen LogP) is 4.06. The van der Waals surface area contributed by atoms with Crippen LogP contribution in [0.2, 0.25) is 0 Å². The molecule has 0 saturated carbocycles. The molecule has 5 nitrogen and oxygen atoms in total. The number of nitrogens with zero attached hydrogens (tertiary/aromatic N) is 1. The Hall–Kier alpha value is -3.54. The van der Waals surface area contributed by atoms with E-state index in [0.29, 0.717) is 17.7 Å². The molecule has 0 spiro atoms. The van der Waals surface area contributed by atoms with Gasteiger partial charge in [-0.2, -0.15) is 0 Å². The molecule has 0 radical (unpaired) electrons. The highest BCUT2D eigenvalue weighted by molar-refractivity contribution is 6.06. The van der Waals surface area contributed by atoms with Gasteiger partial charge in [0.05, 0.1) is 11.1 Å². The summed E-state index contributed by atoms with van der Waals surface area (Å²) in [5.74, 6) is -1.01. The first kappa shape index (κ1) is 20.2. The Bertz CT molecular complexity index is 1050. The molecule has 3 rings (SSSR count). The minimum Gasteiger partial charge on any atom is -0.352 e. The van der Waals surface area contributed by atoms with Crippen LogP contribution in [0.5, 0.6) is 0 Å². The Morgan fingerprint density at radius 2 is 1.69 bits per heavy atom. The van der Waals surface area contributed by atoms with Crippen LogP contribution >= 0.6 is 0 Å². The average molecular weight is 391 g/mol. The Morgan fingerprint density at radius 1 is 0.966 bits per heavy atom. The summed E-state index contributed by atoms with van der Waals surface area (Å²) in [6.07, 6.45) is 3.18. The van der Waals surface area contributed by atoms with E-state index < -0.39 is 0 Å². The molecule has 0 unspecified atom stereocenters. The minimum atomic E-state index is -0.366. The molecule has 0 fully saturated rings. The topological polar surface area (TPSA) is 71.1 Å². The number of benzene rings is 2. The van der Waals surface area contributed by atoms with Crippen molar-refractivity contribution in [2.75, 3.05) is 11.9 Å². The maximum absolute atomic E-state index is 13.6. The third-order valence-electron chi connectivity index (χ3n) is 4.53. The second kappa shape index (κ2) is 9.10. The predicted molar refractivity (Wildman–Crippen MR) is 111 cm³/mol. The van der Waals surface area contributed by atoms with E-state index in [2.05, 4.69) is 15.6 Å². The highest BCUT2D eigenvalue weighted by atomic mass is 19.1. The third kappa shape index (κ3) is 5.25. The second-order valence-corrected chi connectivity index (χ2v) is 6.83. The molecule has 0 bridgehead atoms. The molecule has 29 heavy (non-hydrogen) atoms. The zero-order valence-corrected chi connectivity index (χ0v) is 16.3. The molecule has 1 heterocycles. The summed E-state index contributed by atoms with van der Waals surface area (Å²) in [5, 5.41) is 5.57. The molecule has 0 saturated heterocycles. The summed E-state index contributed by atoms with van der Waals surface area (Å²) in [6.45, 7) is 4.18. The summed E-state index contributed by atoms with van der Waals surface area (Å²) in [7, 11) is 0. The van der Waals surface area contributed by atoms with Crippen molar-refractivity contribution in [1.82, 2.24) is 10.3 Å². The van der Waals surface area contributed by atoms with Crippen LogP contribution in [0.3, 0.4) is 0 Å². The number of aromatic nitrogens is 1. The molecule has 0 aliphatic heterocycles. The molecule has 3 aromatic rings. The van der Waals surface area contributed by atoms with Crippen LogP contribution < -0.4 is 10.6 Å². The largest absolute Gasteiger partial charge is 0.352 e. The molecule has 0 aliphatic rings. The fraction of sp³-hybridized carbons (Fsp3) is 0.174. The Morgan fingerprint density at radius 3 is 2.41 bits per heavy atom. The molecule has 0 atom stereocenters. The van der Waals surface area contributed by atoms with Crippen LogP contribution in [0.1, 0.15) is 37.4 Å². The van der Waals surface area contributed by atoms with Crippen molar-refractivity contribution >= 4 is 17.5 Å². The number of halogens is 1. The van der Waals surface area contributed by atoms with Crippen molar-refractivity contribution in [3.8, 4) is 0 Å². The highest BCUT2D eigenvalue weighted by Gasteiger charge is 2.13. The van der Waals surface area contributed by atoms with Gasteiger partial charge in [-0.25, -0.2) is 4.39 Å². The first-order valence-corrected chi connectivity index (χ1v) is 9.29. The highest BCUT2D eigenvalue weighted by Crippen LogP contribution is 2.17. The Kier molecular flexibility index (Phi) is 6.34. The zero-order chi connectivity index (χ0) is 20.8. The van der Waals surface area contributed by atoms with E-state index in [4.69, 9.17) is 0 Å². The number of pyridine rings is 1. The van der Waals surface area contributed by atoms with Crippen molar-refractivity contribution in [2.45, 2.75) is 20.3 Å². The number of carbonyl (C=O) groups is 2. The van der Waals surface area contributed by atoms with Gasteiger partial charge in [0, 0.05) is 24.6 Å². The van der Waals surface area contributed by atoms with Gasteiger partial charge in [0.2, 0.25) is 0 Å². The monoisotopic (exact) mass is 391 g/mol. The quantitative estimate of drug-likeness (QED) is 0.666. The van der Waals surface area contributed by atoms with Crippen LogP contribution in [0, 0.1) is 19.7 Å². The van der Waals surface area contributed by atoms with Gasteiger partial charge in [0.1, 0.15) is 5.82 Å². The minimum absolute atomic E-state index is 0.270. The summed E-state index contributed by atoms with van der Waals surface area (Å²) in [5.41, 5.74) is 3.86. The SMILES string of the molecule is Cc1ccc(NC(=O)c2cncc(C(=O)NCCc3ccccc3F)c2)c(C)c1. The summed E-state index contributed by atoms with van der Waals surface area (Å²) >= 11 is 0. The van der Waals surface area contributed by atoms with Gasteiger partial charge >= 0.3 is 0 Å². The molecular formula is C23H22FN3O2. The lowest BCUT2D eigenvalue weighted by atomic mass is 10.1. The fourth-order valence-corrected chi connectivity index (χ4v) is 2.95. The van der Waals surface area contributed by atoms with Gasteiger partial charge in [-0.1, -0.05) is 35.9 Å². The smallest absolute Gasteiger partial charge is 0.257 e. The van der Waals surface area contributed by atoms with Crippen molar-refractivity contribution in [2.24, 2.45) is 0 Å². The lowest BCUT2D eigenvalue weighted by Crippen LogP contribution is -2.26. The van der Waals surface area contributed by atoms with E-state index in [-0.39, 0.29) is 35.3 Å². The molecule has 6 heteroatoms. The lowest BCUT2D eigenvalue weighted by Gasteiger charge is -2.10. The van der Waals surface area contributed by atoms with Crippen LogP contribution in [-0.2, 0) is 6.42 Å². The first-order chi connectivity index (χ1) is 13.9. The fourth-order valence-electron chi connectivity index (χ4n) is 2.95. The normalized spacial score (nSPS) is 10.4. The number of nitrogens with one attached hydrogen (secondary N) is 2. The van der Waals surface area contributed by atoms with E-state index in [9.17, 15) is 14.0 Å². The van der Waals surface area contributed by atoms with Gasteiger partial charge in [0.25, 0.3) is 11.8 Å². The maximum Gasteiger partial charge on any atom is 0.257 e. The van der Waals surface area contributed by atoms with Crippen LogP contribution in [0.4, 0.5) is 10.1 Å². The van der Waals surface area contributed by atoms with Crippen LogP contribution in [0.15, 0.2) is 60.9 Å². The summed E-state index contributed by atoms with van der Waals surface area (Å²) < 4.78 is 13.6.